The monoisotopic (exact) mass is 238 g/mol. The zero-order valence-electron chi connectivity index (χ0n) is 8.90. The number of aromatic nitrogens is 2. The molecule has 0 aliphatic heterocycles. The molecule has 0 aliphatic rings. The van der Waals surface area contributed by atoms with E-state index in [0.717, 1.165) is 11.3 Å². The first-order valence-corrected chi connectivity index (χ1v) is 5.58. The van der Waals surface area contributed by atoms with Gasteiger partial charge in [-0.25, -0.2) is 9.37 Å². The summed E-state index contributed by atoms with van der Waals surface area (Å²) in [5, 5.41) is 0. The lowest BCUT2D eigenvalue weighted by molar-refractivity contribution is 0.596. The molecule has 0 bridgehead atoms. The molecule has 1 aromatic carbocycles. The molecule has 1 heterocycles. The fraction of sp³-hybridized carbons (Fsp3) is 0.250. The SMILES string of the molecule is CC(c1cccc(F)c1)n1cncc1CCl. The van der Waals surface area contributed by atoms with Crippen LogP contribution in [-0.4, -0.2) is 9.55 Å². The lowest BCUT2D eigenvalue weighted by Crippen LogP contribution is -2.08. The van der Waals surface area contributed by atoms with E-state index in [1.807, 2.05) is 17.6 Å². The average Bonchev–Trinajstić information content (AvgIpc) is 2.76. The second-order valence-corrected chi connectivity index (χ2v) is 3.92. The normalized spacial score (nSPS) is 12.7. The molecular weight excluding hydrogens is 227 g/mol. The van der Waals surface area contributed by atoms with Crippen molar-refractivity contribution in [1.29, 1.82) is 0 Å². The quantitative estimate of drug-likeness (QED) is 0.750. The standard InChI is InChI=1S/C12H12ClFN2/c1-9(10-3-2-4-11(14)5-10)16-8-15-7-12(16)6-13/h2-5,7-9H,6H2,1H3. The molecular formula is C12H12ClFN2. The number of benzene rings is 1. The van der Waals surface area contributed by atoms with Crippen molar-refractivity contribution in [2.24, 2.45) is 0 Å². The van der Waals surface area contributed by atoms with Gasteiger partial charge in [0.1, 0.15) is 5.82 Å². The topological polar surface area (TPSA) is 17.8 Å². The van der Waals surface area contributed by atoms with E-state index in [1.54, 1.807) is 18.6 Å². The molecule has 1 aromatic heterocycles. The molecule has 1 unspecified atom stereocenters. The number of nitrogens with zero attached hydrogens (tertiary/aromatic N) is 2. The van der Waals surface area contributed by atoms with Crippen LogP contribution in [0, 0.1) is 5.82 Å². The summed E-state index contributed by atoms with van der Waals surface area (Å²) in [4.78, 5) is 4.05. The van der Waals surface area contributed by atoms with Crippen LogP contribution in [0.3, 0.4) is 0 Å². The van der Waals surface area contributed by atoms with E-state index in [9.17, 15) is 4.39 Å². The van der Waals surface area contributed by atoms with E-state index in [-0.39, 0.29) is 11.9 Å². The molecule has 0 radical (unpaired) electrons. The Balaban J connectivity index is 2.35. The van der Waals surface area contributed by atoms with E-state index in [2.05, 4.69) is 4.98 Å². The average molecular weight is 239 g/mol. The van der Waals surface area contributed by atoms with E-state index < -0.39 is 0 Å². The van der Waals surface area contributed by atoms with E-state index in [4.69, 9.17) is 11.6 Å². The van der Waals surface area contributed by atoms with Crippen molar-refractivity contribution in [3.05, 3.63) is 53.9 Å². The van der Waals surface area contributed by atoms with Crippen molar-refractivity contribution in [3.63, 3.8) is 0 Å². The summed E-state index contributed by atoms with van der Waals surface area (Å²) >= 11 is 5.80. The molecule has 1 atom stereocenters. The molecule has 0 N–H and O–H groups in total. The van der Waals surface area contributed by atoms with Crippen molar-refractivity contribution < 1.29 is 4.39 Å². The highest BCUT2D eigenvalue weighted by Crippen LogP contribution is 2.20. The number of rotatable bonds is 3. The first-order valence-electron chi connectivity index (χ1n) is 5.04. The van der Waals surface area contributed by atoms with Crippen LogP contribution in [0.2, 0.25) is 0 Å². The summed E-state index contributed by atoms with van der Waals surface area (Å²) in [6.07, 6.45) is 3.44. The Labute approximate surface area is 98.7 Å². The minimum atomic E-state index is -0.225. The largest absolute Gasteiger partial charge is 0.326 e. The van der Waals surface area contributed by atoms with Crippen LogP contribution in [0.4, 0.5) is 4.39 Å². The molecule has 4 heteroatoms. The highest BCUT2D eigenvalue weighted by atomic mass is 35.5. The van der Waals surface area contributed by atoms with Gasteiger partial charge in [-0.3, -0.25) is 0 Å². The molecule has 84 valence electrons. The number of hydrogen-bond donors (Lipinski definition) is 0. The molecule has 2 rings (SSSR count). The van der Waals surface area contributed by atoms with Crippen molar-refractivity contribution in [2.45, 2.75) is 18.8 Å². The number of hydrogen-bond acceptors (Lipinski definition) is 1. The van der Waals surface area contributed by atoms with Gasteiger partial charge in [-0.05, 0) is 24.6 Å². The summed E-state index contributed by atoms with van der Waals surface area (Å²) in [5.74, 6) is 0.177. The van der Waals surface area contributed by atoms with E-state index in [0.29, 0.717) is 5.88 Å². The Kier molecular flexibility index (Phi) is 3.25. The van der Waals surface area contributed by atoms with Gasteiger partial charge in [0.2, 0.25) is 0 Å². The number of alkyl halides is 1. The summed E-state index contributed by atoms with van der Waals surface area (Å²) < 4.78 is 15.0. The van der Waals surface area contributed by atoms with Gasteiger partial charge in [0.05, 0.1) is 23.9 Å². The molecule has 2 aromatic rings. The van der Waals surface area contributed by atoms with Gasteiger partial charge < -0.3 is 4.57 Å². The number of imidazole rings is 1. The zero-order valence-corrected chi connectivity index (χ0v) is 9.65. The Hall–Kier alpha value is -1.35. The third-order valence-electron chi connectivity index (χ3n) is 2.63. The van der Waals surface area contributed by atoms with Gasteiger partial charge in [0.15, 0.2) is 0 Å². The molecule has 0 amide bonds. The van der Waals surface area contributed by atoms with E-state index in [1.165, 1.54) is 12.1 Å². The van der Waals surface area contributed by atoms with E-state index >= 15 is 0 Å². The van der Waals surface area contributed by atoms with Gasteiger partial charge in [0.25, 0.3) is 0 Å². The maximum absolute atomic E-state index is 13.1. The Morgan fingerprint density at radius 1 is 1.50 bits per heavy atom. The van der Waals surface area contributed by atoms with Crippen molar-refractivity contribution in [3.8, 4) is 0 Å². The molecule has 0 aliphatic carbocycles. The predicted octanol–water partition coefficient (Wildman–Crippen LogP) is 3.37. The molecule has 0 fully saturated rings. The maximum atomic E-state index is 13.1. The minimum Gasteiger partial charge on any atom is -0.326 e. The third kappa shape index (κ3) is 2.09. The Bertz CT molecular complexity index is 481. The fourth-order valence-corrected chi connectivity index (χ4v) is 1.92. The van der Waals surface area contributed by atoms with Crippen molar-refractivity contribution >= 4 is 11.6 Å². The van der Waals surface area contributed by atoms with Crippen LogP contribution in [0.15, 0.2) is 36.8 Å². The van der Waals surface area contributed by atoms with Gasteiger partial charge >= 0.3 is 0 Å². The predicted molar refractivity (Wildman–Crippen MR) is 62.0 cm³/mol. The lowest BCUT2D eigenvalue weighted by Gasteiger charge is -2.16. The smallest absolute Gasteiger partial charge is 0.123 e. The molecule has 16 heavy (non-hydrogen) atoms. The molecule has 0 saturated carbocycles. The minimum absolute atomic E-state index is 0.0342. The lowest BCUT2D eigenvalue weighted by atomic mass is 10.1. The summed E-state index contributed by atoms with van der Waals surface area (Å²) in [5.41, 5.74) is 1.84. The van der Waals surface area contributed by atoms with Crippen molar-refractivity contribution in [2.75, 3.05) is 0 Å². The Morgan fingerprint density at radius 2 is 2.31 bits per heavy atom. The molecule has 0 saturated heterocycles. The van der Waals surface area contributed by atoms with Crippen LogP contribution in [0.1, 0.15) is 24.2 Å². The third-order valence-corrected chi connectivity index (χ3v) is 2.91. The summed E-state index contributed by atoms with van der Waals surface area (Å²) in [7, 11) is 0. The van der Waals surface area contributed by atoms with Crippen LogP contribution in [0.25, 0.3) is 0 Å². The van der Waals surface area contributed by atoms with Gasteiger partial charge in [0, 0.05) is 6.20 Å². The molecule has 0 spiro atoms. The highest BCUT2D eigenvalue weighted by Gasteiger charge is 2.11. The van der Waals surface area contributed by atoms with Gasteiger partial charge in [-0.1, -0.05) is 12.1 Å². The van der Waals surface area contributed by atoms with Gasteiger partial charge in [-0.2, -0.15) is 0 Å². The van der Waals surface area contributed by atoms with Crippen molar-refractivity contribution in [1.82, 2.24) is 9.55 Å². The Morgan fingerprint density at radius 3 is 3.00 bits per heavy atom. The van der Waals surface area contributed by atoms with Gasteiger partial charge in [-0.15, -0.1) is 11.6 Å². The summed E-state index contributed by atoms with van der Waals surface area (Å²) in [6, 6.07) is 6.60. The highest BCUT2D eigenvalue weighted by molar-refractivity contribution is 6.16. The van der Waals surface area contributed by atoms with Crippen LogP contribution in [0.5, 0.6) is 0 Å². The van der Waals surface area contributed by atoms with Crippen LogP contribution >= 0.6 is 11.6 Å². The van der Waals surface area contributed by atoms with Crippen LogP contribution in [-0.2, 0) is 5.88 Å². The molecule has 2 nitrogen and oxygen atoms in total. The summed E-state index contributed by atoms with van der Waals surface area (Å²) in [6.45, 7) is 1.99. The fourth-order valence-electron chi connectivity index (χ4n) is 1.71. The first-order chi connectivity index (χ1) is 7.72. The number of halogens is 2. The second-order valence-electron chi connectivity index (χ2n) is 3.66. The zero-order chi connectivity index (χ0) is 11.5. The second kappa shape index (κ2) is 4.66. The first kappa shape index (κ1) is 11.1. The maximum Gasteiger partial charge on any atom is 0.123 e. The van der Waals surface area contributed by atoms with Crippen LogP contribution < -0.4 is 0 Å².